The van der Waals surface area contributed by atoms with E-state index in [1.807, 2.05) is 19.2 Å². The lowest BCUT2D eigenvalue weighted by Crippen LogP contribution is -2.38. The minimum atomic E-state index is -4.51. The van der Waals surface area contributed by atoms with E-state index in [9.17, 15) is 31.5 Å². The molecule has 216 valence electrons. The maximum Gasteiger partial charge on any atom is 0.408 e. The normalized spacial score (nSPS) is 22.6. The van der Waals surface area contributed by atoms with Crippen LogP contribution in [-0.4, -0.2) is 54.3 Å². The highest BCUT2D eigenvalue weighted by Gasteiger charge is 2.47. The van der Waals surface area contributed by atoms with E-state index < -0.39 is 41.9 Å². The van der Waals surface area contributed by atoms with Crippen molar-refractivity contribution in [1.29, 1.82) is 0 Å². The summed E-state index contributed by atoms with van der Waals surface area (Å²) in [6.45, 7) is 3.77. The van der Waals surface area contributed by atoms with E-state index in [1.165, 1.54) is 16.9 Å². The lowest BCUT2D eigenvalue weighted by molar-refractivity contribution is -0.154. The number of hydrogen-bond acceptors (Lipinski definition) is 5. The highest BCUT2D eigenvalue weighted by molar-refractivity contribution is 5.92. The molecule has 2 N–H and O–H groups in total. The fourth-order valence-corrected chi connectivity index (χ4v) is 5.56. The van der Waals surface area contributed by atoms with E-state index >= 15 is 0 Å². The Morgan fingerprint density at radius 3 is 2.60 bits per heavy atom. The van der Waals surface area contributed by atoms with Gasteiger partial charge < -0.3 is 10.6 Å². The molecular weight excluding hydrogens is 537 g/mol. The smallest absolute Gasteiger partial charge is 0.344 e. The van der Waals surface area contributed by atoms with Crippen LogP contribution in [0.3, 0.4) is 0 Å². The van der Waals surface area contributed by atoms with Crippen LogP contribution in [0.2, 0.25) is 0 Å². The van der Waals surface area contributed by atoms with Crippen LogP contribution < -0.4 is 10.6 Å². The lowest BCUT2D eigenvalue weighted by Gasteiger charge is -2.33. The first kappa shape index (κ1) is 28.0. The maximum absolute atomic E-state index is 13.9. The van der Waals surface area contributed by atoms with Gasteiger partial charge in [0.1, 0.15) is 11.7 Å². The topological polar surface area (TPSA) is 106 Å². The summed E-state index contributed by atoms with van der Waals surface area (Å²) >= 11 is 0. The molecule has 3 atom stereocenters. The number of carbonyl (C=O) groups is 2. The van der Waals surface area contributed by atoms with Gasteiger partial charge in [0.2, 0.25) is 11.8 Å². The molecule has 1 aliphatic heterocycles. The summed E-state index contributed by atoms with van der Waals surface area (Å²) in [4.78, 5) is 30.0. The van der Waals surface area contributed by atoms with Gasteiger partial charge >= 0.3 is 6.18 Å². The number of imidazole rings is 1. The summed E-state index contributed by atoms with van der Waals surface area (Å²) in [5, 5.41) is 13.5. The summed E-state index contributed by atoms with van der Waals surface area (Å²) in [6, 6.07) is 0.582. The number of nitrogens with zero attached hydrogens (tertiary/aromatic N) is 5. The van der Waals surface area contributed by atoms with Crippen LogP contribution in [-0.2, 0) is 11.2 Å². The van der Waals surface area contributed by atoms with Crippen LogP contribution in [0.25, 0.3) is 5.65 Å². The number of amides is 2. The van der Waals surface area contributed by atoms with Crippen molar-refractivity contribution in [2.24, 2.45) is 11.8 Å². The average molecular weight is 568 g/mol. The second kappa shape index (κ2) is 10.4. The molecule has 2 fully saturated rings. The van der Waals surface area contributed by atoms with Crippen molar-refractivity contribution < 1.29 is 31.5 Å². The summed E-state index contributed by atoms with van der Waals surface area (Å²) in [5.74, 6) is -4.99. The van der Waals surface area contributed by atoms with Crippen molar-refractivity contribution in [3.05, 3.63) is 47.7 Å². The molecule has 1 saturated heterocycles. The van der Waals surface area contributed by atoms with Crippen molar-refractivity contribution in [2.45, 2.75) is 82.6 Å². The molecule has 0 radical (unpaired) electrons. The predicted octanol–water partition coefficient (Wildman–Crippen LogP) is 4.41. The fourth-order valence-electron chi connectivity index (χ4n) is 5.56. The Hall–Kier alpha value is -3.58. The number of carbonyl (C=O) groups excluding carboxylic acids is 2. The first-order chi connectivity index (χ1) is 18.8. The molecule has 1 aliphatic carbocycles. The molecule has 3 aromatic rings. The molecule has 0 spiro atoms. The Labute approximate surface area is 226 Å². The summed E-state index contributed by atoms with van der Waals surface area (Å²) < 4.78 is 70.1. The van der Waals surface area contributed by atoms with Gasteiger partial charge in [-0.05, 0) is 63.1 Å². The van der Waals surface area contributed by atoms with Crippen molar-refractivity contribution in [3.8, 4) is 0 Å². The van der Waals surface area contributed by atoms with Crippen LogP contribution in [0.1, 0.15) is 79.8 Å². The molecule has 4 heterocycles. The van der Waals surface area contributed by atoms with Crippen LogP contribution in [0.4, 0.5) is 22.0 Å². The van der Waals surface area contributed by atoms with E-state index in [-0.39, 0.29) is 50.5 Å². The number of alkyl halides is 5. The lowest BCUT2D eigenvalue weighted by atomic mass is 9.81. The molecule has 2 amide bonds. The van der Waals surface area contributed by atoms with Crippen molar-refractivity contribution in [1.82, 2.24) is 35.0 Å². The van der Waals surface area contributed by atoms with E-state index in [0.29, 0.717) is 22.6 Å². The van der Waals surface area contributed by atoms with Crippen LogP contribution in [0, 0.1) is 11.8 Å². The number of rotatable bonds is 7. The molecular formula is C26H30F5N7O2. The Kier molecular flexibility index (Phi) is 7.29. The van der Waals surface area contributed by atoms with Gasteiger partial charge in [0.05, 0.1) is 24.1 Å². The van der Waals surface area contributed by atoms with Crippen molar-refractivity contribution in [3.63, 3.8) is 0 Å². The van der Waals surface area contributed by atoms with E-state index in [1.54, 1.807) is 23.0 Å². The number of aromatic nitrogens is 5. The van der Waals surface area contributed by atoms with E-state index in [0.717, 1.165) is 0 Å². The molecule has 0 bridgehead atoms. The van der Waals surface area contributed by atoms with Crippen LogP contribution >= 0.6 is 0 Å². The molecule has 40 heavy (non-hydrogen) atoms. The van der Waals surface area contributed by atoms with E-state index in [2.05, 4.69) is 20.5 Å². The van der Waals surface area contributed by atoms with Gasteiger partial charge in [-0.3, -0.25) is 14.3 Å². The summed E-state index contributed by atoms with van der Waals surface area (Å²) in [5.41, 5.74) is 1.66. The Balaban J connectivity index is 1.39. The molecule has 14 heteroatoms. The van der Waals surface area contributed by atoms with Crippen LogP contribution in [0.5, 0.6) is 0 Å². The molecule has 3 aromatic heterocycles. The van der Waals surface area contributed by atoms with Gasteiger partial charge in [0.25, 0.3) is 5.91 Å². The highest BCUT2D eigenvalue weighted by atomic mass is 19.4. The molecule has 2 aliphatic rings. The third kappa shape index (κ3) is 5.80. The van der Waals surface area contributed by atoms with Gasteiger partial charge in [0, 0.05) is 31.0 Å². The SMILES string of the molecule is CC(C)n1nccc1C(=O)N[C@H](c1cn2ncc(C[C@H]3C[C@@H](C(F)(F)F)NC3=O)cc2n1)C1CCC(F)(F)CC1. The molecule has 0 unspecified atom stereocenters. The number of fused-ring (bicyclic) bond motifs is 1. The van der Waals surface area contributed by atoms with Gasteiger partial charge in [-0.1, -0.05) is 0 Å². The zero-order valence-electron chi connectivity index (χ0n) is 22.0. The van der Waals surface area contributed by atoms with E-state index in [4.69, 9.17) is 0 Å². The standard InChI is InChI=1S/C26H30F5N7O2/c1-14(2)38-19(5-8-32-38)24(40)36-22(16-3-6-25(27,28)7-4-16)18-13-37-21(34-18)10-15(12-33-37)9-17-11-20(26(29,30)31)35-23(17)39/h5,8,10,12-14,16-17,20,22H,3-4,6-7,9,11H2,1-2H3,(H,35,39)(H,36,40)/t17-,20-,22-/m0/s1. The molecule has 1 saturated carbocycles. The summed E-state index contributed by atoms with van der Waals surface area (Å²) in [7, 11) is 0. The van der Waals surface area contributed by atoms with Gasteiger partial charge in [0.15, 0.2) is 5.65 Å². The third-order valence-corrected chi connectivity index (χ3v) is 7.71. The first-order valence-electron chi connectivity index (χ1n) is 13.2. The predicted molar refractivity (Wildman–Crippen MR) is 133 cm³/mol. The molecule has 0 aromatic carbocycles. The Morgan fingerprint density at radius 1 is 1.23 bits per heavy atom. The minimum absolute atomic E-state index is 0.0567. The zero-order valence-corrected chi connectivity index (χ0v) is 22.0. The molecule has 5 rings (SSSR count). The second-order valence-corrected chi connectivity index (χ2v) is 11.0. The Bertz CT molecular complexity index is 1390. The third-order valence-electron chi connectivity index (χ3n) is 7.71. The van der Waals surface area contributed by atoms with Gasteiger partial charge in [-0.25, -0.2) is 18.3 Å². The first-order valence-corrected chi connectivity index (χ1v) is 13.2. The quantitative estimate of drug-likeness (QED) is 0.412. The summed E-state index contributed by atoms with van der Waals surface area (Å²) in [6.07, 6.45) is -0.458. The maximum atomic E-state index is 13.9. The van der Waals surface area contributed by atoms with Gasteiger partial charge in [-0.2, -0.15) is 23.4 Å². The number of hydrogen-bond donors (Lipinski definition) is 2. The highest BCUT2D eigenvalue weighted by Crippen LogP contribution is 2.41. The van der Waals surface area contributed by atoms with Crippen LogP contribution in [0.15, 0.2) is 30.7 Å². The Morgan fingerprint density at radius 2 is 1.95 bits per heavy atom. The van der Waals surface area contributed by atoms with Gasteiger partial charge in [-0.15, -0.1) is 0 Å². The fraction of sp³-hybridized carbons (Fsp3) is 0.577. The van der Waals surface area contributed by atoms with Crippen molar-refractivity contribution in [2.75, 3.05) is 0 Å². The van der Waals surface area contributed by atoms with Crippen molar-refractivity contribution >= 4 is 17.5 Å². The number of nitrogens with one attached hydrogen (secondary N) is 2. The monoisotopic (exact) mass is 567 g/mol. The largest absolute Gasteiger partial charge is 0.408 e. The molecule has 9 nitrogen and oxygen atoms in total. The zero-order chi connectivity index (χ0) is 28.8. The average Bonchev–Trinajstić information content (AvgIpc) is 3.61. The second-order valence-electron chi connectivity index (χ2n) is 11.0. The number of halogens is 5. The minimum Gasteiger partial charge on any atom is -0.344 e.